The summed E-state index contributed by atoms with van der Waals surface area (Å²) in [5, 5.41) is 2.87. The molecule has 0 spiro atoms. The van der Waals surface area contributed by atoms with Crippen molar-refractivity contribution in [1.82, 2.24) is 9.62 Å². The molecule has 0 bridgehead atoms. The van der Waals surface area contributed by atoms with Gasteiger partial charge in [-0.2, -0.15) is 4.31 Å². The summed E-state index contributed by atoms with van der Waals surface area (Å²) in [6.07, 6.45) is 4.72. The minimum absolute atomic E-state index is 0.121. The van der Waals surface area contributed by atoms with Crippen molar-refractivity contribution in [3.63, 3.8) is 0 Å². The Bertz CT molecular complexity index is 874. The summed E-state index contributed by atoms with van der Waals surface area (Å²) in [6, 6.07) is 16.2. The number of carbonyl (C=O) groups is 1. The molecule has 0 aliphatic heterocycles. The average Bonchev–Trinajstić information content (AvgIpc) is 2.73. The van der Waals surface area contributed by atoms with Gasteiger partial charge in [0, 0.05) is 12.6 Å². The molecular formula is C22H28N2O3S. The first-order chi connectivity index (χ1) is 13.5. The Balaban J connectivity index is 1.73. The Kier molecular flexibility index (Phi) is 6.86. The Hall–Kier alpha value is -2.18. The number of nitrogens with one attached hydrogen (secondary N) is 1. The van der Waals surface area contributed by atoms with Gasteiger partial charge in [-0.3, -0.25) is 4.79 Å². The number of rotatable bonds is 7. The van der Waals surface area contributed by atoms with Gasteiger partial charge in [0.05, 0.1) is 11.4 Å². The van der Waals surface area contributed by atoms with E-state index in [-0.39, 0.29) is 23.4 Å². The second-order valence-electron chi connectivity index (χ2n) is 7.42. The monoisotopic (exact) mass is 400 g/mol. The molecular weight excluding hydrogens is 372 g/mol. The molecule has 0 heterocycles. The molecule has 150 valence electrons. The van der Waals surface area contributed by atoms with Crippen molar-refractivity contribution in [2.24, 2.45) is 0 Å². The molecule has 1 amide bonds. The first-order valence-corrected chi connectivity index (χ1v) is 11.3. The number of aryl methyl sites for hydroxylation is 1. The van der Waals surface area contributed by atoms with E-state index in [1.807, 2.05) is 31.2 Å². The van der Waals surface area contributed by atoms with Crippen LogP contribution in [-0.4, -0.2) is 31.2 Å². The van der Waals surface area contributed by atoms with Gasteiger partial charge in [0.15, 0.2) is 0 Å². The lowest BCUT2D eigenvalue weighted by Crippen LogP contribution is -2.46. The van der Waals surface area contributed by atoms with Gasteiger partial charge in [0.2, 0.25) is 15.9 Å². The Morgan fingerprint density at radius 1 is 1.00 bits per heavy atom. The quantitative estimate of drug-likeness (QED) is 0.772. The lowest BCUT2D eigenvalue weighted by atomic mass is 9.95. The molecule has 1 aliphatic carbocycles. The van der Waals surface area contributed by atoms with Crippen LogP contribution in [0.2, 0.25) is 0 Å². The van der Waals surface area contributed by atoms with Crippen LogP contribution < -0.4 is 5.32 Å². The fourth-order valence-electron chi connectivity index (χ4n) is 3.61. The minimum atomic E-state index is -3.71. The van der Waals surface area contributed by atoms with Crippen LogP contribution in [0.25, 0.3) is 0 Å². The Labute approximate surface area is 167 Å². The van der Waals surface area contributed by atoms with Gasteiger partial charge in [0.25, 0.3) is 0 Å². The van der Waals surface area contributed by atoms with Crippen molar-refractivity contribution in [3.8, 4) is 0 Å². The molecule has 3 rings (SSSR count). The molecule has 6 heteroatoms. The van der Waals surface area contributed by atoms with Gasteiger partial charge in [-0.05, 0) is 37.5 Å². The number of amides is 1. The van der Waals surface area contributed by atoms with Crippen molar-refractivity contribution >= 4 is 15.9 Å². The molecule has 1 N–H and O–H groups in total. The summed E-state index contributed by atoms with van der Waals surface area (Å²) in [6.45, 7) is 2.26. The highest BCUT2D eigenvalue weighted by Gasteiger charge is 2.33. The fourth-order valence-corrected chi connectivity index (χ4v) is 5.27. The van der Waals surface area contributed by atoms with E-state index in [1.165, 1.54) is 4.31 Å². The lowest BCUT2D eigenvalue weighted by molar-refractivity contribution is -0.121. The molecule has 1 fully saturated rings. The van der Waals surface area contributed by atoms with Crippen molar-refractivity contribution < 1.29 is 13.2 Å². The predicted molar refractivity (Wildman–Crippen MR) is 110 cm³/mol. The summed E-state index contributed by atoms with van der Waals surface area (Å²) in [7, 11) is -3.71. The molecule has 0 radical (unpaired) electrons. The van der Waals surface area contributed by atoms with Gasteiger partial charge >= 0.3 is 0 Å². The topological polar surface area (TPSA) is 66.5 Å². The molecule has 28 heavy (non-hydrogen) atoms. The highest BCUT2D eigenvalue weighted by atomic mass is 32.2. The van der Waals surface area contributed by atoms with E-state index in [4.69, 9.17) is 0 Å². The Morgan fingerprint density at radius 2 is 1.64 bits per heavy atom. The number of hydrogen-bond donors (Lipinski definition) is 1. The lowest BCUT2D eigenvalue weighted by Gasteiger charge is -2.33. The number of carbonyl (C=O) groups excluding carboxylic acids is 1. The normalized spacial score (nSPS) is 15.5. The van der Waals surface area contributed by atoms with Crippen LogP contribution in [0.1, 0.15) is 43.2 Å². The van der Waals surface area contributed by atoms with E-state index < -0.39 is 10.0 Å². The zero-order valence-corrected chi connectivity index (χ0v) is 17.1. The van der Waals surface area contributed by atoms with Crippen LogP contribution in [0.3, 0.4) is 0 Å². The first kappa shape index (κ1) is 20.6. The summed E-state index contributed by atoms with van der Waals surface area (Å²) >= 11 is 0. The molecule has 0 saturated heterocycles. The third kappa shape index (κ3) is 5.20. The van der Waals surface area contributed by atoms with Crippen molar-refractivity contribution in [3.05, 3.63) is 65.7 Å². The van der Waals surface area contributed by atoms with Crippen LogP contribution in [0.5, 0.6) is 0 Å². The van der Waals surface area contributed by atoms with Crippen molar-refractivity contribution in [2.75, 3.05) is 6.54 Å². The second kappa shape index (κ2) is 9.34. The minimum Gasteiger partial charge on any atom is -0.351 e. The molecule has 2 aromatic rings. The third-order valence-corrected chi connectivity index (χ3v) is 7.15. The van der Waals surface area contributed by atoms with Gasteiger partial charge in [-0.15, -0.1) is 0 Å². The highest BCUT2D eigenvalue weighted by Crippen LogP contribution is 2.27. The molecule has 2 aromatic carbocycles. The van der Waals surface area contributed by atoms with Gasteiger partial charge < -0.3 is 5.32 Å². The Morgan fingerprint density at radius 3 is 2.29 bits per heavy atom. The standard InChI is InChI=1S/C22H28N2O3S/c1-18-12-14-19(15-13-18)16-23-22(25)17-24(20-8-4-2-5-9-20)28(26,27)21-10-6-3-7-11-21/h3,6-7,10-15,20H,2,4-5,8-9,16-17H2,1H3,(H,23,25). The maximum absolute atomic E-state index is 13.2. The molecule has 1 aliphatic rings. The number of benzene rings is 2. The van der Waals surface area contributed by atoms with Crippen LogP contribution in [-0.2, 0) is 21.4 Å². The fraction of sp³-hybridized carbons (Fsp3) is 0.409. The van der Waals surface area contributed by atoms with E-state index in [0.29, 0.717) is 6.54 Å². The average molecular weight is 401 g/mol. The molecule has 1 saturated carbocycles. The molecule has 5 nitrogen and oxygen atoms in total. The largest absolute Gasteiger partial charge is 0.351 e. The van der Waals surface area contributed by atoms with Crippen LogP contribution in [0.15, 0.2) is 59.5 Å². The van der Waals surface area contributed by atoms with Gasteiger partial charge in [0.1, 0.15) is 0 Å². The van der Waals surface area contributed by atoms with E-state index in [0.717, 1.165) is 43.2 Å². The van der Waals surface area contributed by atoms with Crippen LogP contribution in [0, 0.1) is 6.92 Å². The van der Waals surface area contributed by atoms with Gasteiger partial charge in [-0.1, -0.05) is 67.3 Å². The molecule has 0 unspecified atom stereocenters. The van der Waals surface area contributed by atoms with E-state index in [2.05, 4.69) is 5.32 Å². The van der Waals surface area contributed by atoms with E-state index in [1.54, 1.807) is 30.3 Å². The second-order valence-corrected chi connectivity index (χ2v) is 9.31. The van der Waals surface area contributed by atoms with E-state index in [9.17, 15) is 13.2 Å². The predicted octanol–water partition coefficient (Wildman–Crippen LogP) is 3.63. The van der Waals surface area contributed by atoms with Gasteiger partial charge in [-0.25, -0.2) is 8.42 Å². The number of sulfonamides is 1. The maximum Gasteiger partial charge on any atom is 0.243 e. The highest BCUT2D eigenvalue weighted by molar-refractivity contribution is 7.89. The van der Waals surface area contributed by atoms with Crippen LogP contribution >= 0.6 is 0 Å². The van der Waals surface area contributed by atoms with Crippen LogP contribution in [0.4, 0.5) is 0 Å². The van der Waals surface area contributed by atoms with E-state index >= 15 is 0 Å². The maximum atomic E-state index is 13.2. The molecule has 0 aromatic heterocycles. The van der Waals surface area contributed by atoms with Crippen molar-refractivity contribution in [1.29, 1.82) is 0 Å². The molecule has 0 atom stereocenters. The summed E-state index contributed by atoms with van der Waals surface area (Å²) in [4.78, 5) is 12.8. The number of nitrogens with zero attached hydrogens (tertiary/aromatic N) is 1. The zero-order chi connectivity index (χ0) is 20.0. The zero-order valence-electron chi connectivity index (χ0n) is 16.3. The first-order valence-electron chi connectivity index (χ1n) is 9.86. The summed E-state index contributed by atoms with van der Waals surface area (Å²) in [5.41, 5.74) is 2.15. The number of hydrogen-bond acceptors (Lipinski definition) is 3. The third-order valence-electron chi connectivity index (χ3n) is 5.24. The van der Waals surface area contributed by atoms with Crippen molar-refractivity contribution in [2.45, 2.75) is 56.5 Å². The summed E-state index contributed by atoms with van der Waals surface area (Å²) in [5.74, 6) is -0.273. The SMILES string of the molecule is Cc1ccc(CNC(=O)CN(C2CCCCC2)S(=O)(=O)c2ccccc2)cc1. The smallest absolute Gasteiger partial charge is 0.243 e. The summed E-state index contributed by atoms with van der Waals surface area (Å²) < 4.78 is 27.9.